The highest BCUT2D eigenvalue weighted by Gasteiger charge is 2.39. The average molecular weight is 266 g/mol. The Hall–Kier alpha value is -0.610. The van der Waals surface area contributed by atoms with Gasteiger partial charge in [-0.25, -0.2) is 0 Å². The molecule has 0 amide bonds. The number of carbonyl (C=O) groups is 1. The second-order valence-corrected chi connectivity index (χ2v) is 7.03. The lowest BCUT2D eigenvalue weighted by atomic mass is 9.78. The highest BCUT2D eigenvalue weighted by molar-refractivity contribution is 5.69. The quantitative estimate of drug-likeness (QED) is 0.736. The van der Waals surface area contributed by atoms with Crippen molar-refractivity contribution in [1.82, 2.24) is 10.2 Å². The average Bonchev–Trinajstić information content (AvgIpc) is 3.01. The van der Waals surface area contributed by atoms with Gasteiger partial charge < -0.3 is 10.4 Å². The van der Waals surface area contributed by atoms with E-state index in [9.17, 15) is 4.79 Å². The number of carboxylic acids is 1. The third-order valence-electron chi connectivity index (χ3n) is 5.00. The summed E-state index contributed by atoms with van der Waals surface area (Å²) in [5, 5.41) is 12.7. The topological polar surface area (TPSA) is 52.6 Å². The summed E-state index contributed by atoms with van der Waals surface area (Å²) in [6.07, 6.45) is 7.52. The lowest BCUT2D eigenvalue weighted by Gasteiger charge is -2.46. The summed E-state index contributed by atoms with van der Waals surface area (Å²) in [5.41, 5.74) is 0. The number of nitrogens with one attached hydrogen (secondary N) is 1. The fourth-order valence-corrected chi connectivity index (χ4v) is 3.54. The van der Waals surface area contributed by atoms with Gasteiger partial charge in [-0.2, -0.15) is 0 Å². The maximum absolute atomic E-state index is 10.9. The first-order chi connectivity index (χ1) is 9.10. The Bertz CT molecular complexity index is 331. The zero-order valence-corrected chi connectivity index (χ0v) is 11.8. The van der Waals surface area contributed by atoms with Gasteiger partial charge in [0.15, 0.2) is 0 Å². The molecule has 3 fully saturated rings. The van der Waals surface area contributed by atoms with Crippen LogP contribution in [0, 0.1) is 11.8 Å². The molecule has 0 spiro atoms. The fourth-order valence-electron chi connectivity index (χ4n) is 3.54. The number of nitrogens with zero attached hydrogens (tertiary/aromatic N) is 1. The van der Waals surface area contributed by atoms with E-state index >= 15 is 0 Å². The molecule has 0 aliphatic heterocycles. The van der Waals surface area contributed by atoms with E-state index in [4.69, 9.17) is 5.11 Å². The van der Waals surface area contributed by atoms with E-state index < -0.39 is 5.97 Å². The number of aliphatic carboxylic acids is 1. The van der Waals surface area contributed by atoms with Crippen molar-refractivity contribution >= 4 is 5.97 Å². The summed E-state index contributed by atoms with van der Waals surface area (Å²) in [6.45, 7) is 3.55. The Balaban J connectivity index is 1.40. The molecule has 0 aromatic heterocycles. The largest absolute Gasteiger partial charge is 0.480 e. The van der Waals surface area contributed by atoms with Crippen LogP contribution < -0.4 is 5.32 Å². The first kappa shape index (κ1) is 13.4. The molecule has 108 valence electrons. The molecular formula is C15H26N2O2. The molecule has 2 N–H and O–H groups in total. The summed E-state index contributed by atoms with van der Waals surface area (Å²) in [6, 6.07) is 1.88. The van der Waals surface area contributed by atoms with E-state index in [1.165, 1.54) is 25.7 Å². The smallest absolute Gasteiger partial charge is 0.317 e. The summed E-state index contributed by atoms with van der Waals surface area (Å²) in [4.78, 5) is 13.2. The monoisotopic (exact) mass is 266 g/mol. The van der Waals surface area contributed by atoms with Gasteiger partial charge in [-0.1, -0.05) is 6.92 Å². The van der Waals surface area contributed by atoms with E-state index in [1.54, 1.807) is 0 Å². The molecular weight excluding hydrogens is 240 g/mol. The number of hydrogen-bond donors (Lipinski definition) is 2. The summed E-state index contributed by atoms with van der Waals surface area (Å²) in [5.74, 6) is 0.996. The number of carboxylic acid groups (broad SMARTS) is 1. The summed E-state index contributed by atoms with van der Waals surface area (Å²) < 4.78 is 0. The molecule has 3 saturated carbocycles. The molecule has 0 unspecified atom stereocenters. The second-order valence-electron chi connectivity index (χ2n) is 7.03. The third-order valence-corrected chi connectivity index (χ3v) is 5.00. The van der Waals surface area contributed by atoms with Crippen molar-refractivity contribution in [3.05, 3.63) is 0 Å². The van der Waals surface area contributed by atoms with Crippen LogP contribution in [-0.2, 0) is 4.79 Å². The fraction of sp³-hybridized carbons (Fsp3) is 0.933. The van der Waals surface area contributed by atoms with Gasteiger partial charge in [0.1, 0.15) is 0 Å². The zero-order valence-electron chi connectivity index (χ0n) is 11.8. The van der Waals surface area contributed by atoms with Gasteiger partial charge in [-0.15, -0.1) is 0 Å². The normalized spacial score (nSPS) is 37.8. The first-order valence-electron chi connectivity index (χ1n) is 7.82. The van der Waals surface area contributed by atoms with Gasteiger partial charge in [0.25, 0.3) is 0 Å². The Kier molecular flexibility index (Phi) is 3.81. The standard InChI is InChI=1S/C15H26N2O2/c1-10-4-12(5-10)16-13-6-14(7-13)17(9-15(18)19)8-11-2-3-11/h10-14,16H,2-9H2,1H3,(H,18,19). The van der Waals surface area contributed by atoms with Gasteiger partial charge in [-0.05, 0) is 50.4 Å². The van der Waals surface area contributed by atoms with Crippen molar-refractivity contribution in [3.63, 3.8) is 0 Å². The minimum atomic E-state index is -0.676. The van der Waals surface area contributed by atoms with Crippen molar-refractivity contribution < 1.29 is 9.90 Å². The van der Waals surface area contributed by atoms with E-state index in [0.717, 1.165) is 37.3 Å². The lowest BCUT2D eigenvalue weighted by Crippen LogP contribution is -2.57. The molecule has 0 aromatic carbocycles. The van der Waals surface area contributed by atoms with Crippen LogP contribution in [0.15, 0.2) is 0 Å². The Morgan fingerprint density at radius 3 is 2.37 bits per heavy atom. The van der Waals surface area contributed by atoms with Crippen LogP contribution in [0.4, 0.5) is 0 Å². The van der Waals surface area contributed by atoms with Gasteiger partial charge in [0.2, 0.25) is 0 Å². The van der Waals surface area contributed by atoms with Crippen LogP contribution in [0.1, 0.15) is 45.4 Å². The molecule has 4 nitrogen and oxygen atoms in total. The number of rotatable bonds is 7. The molecule has 3 aliphatic carbocycles. The maximum Gasteiger partial charge on any atom is 0.317 e. The predicted molar refractivity (Wildman–Crippen MR) is 74.1 cm³/mol. The van der Waals surface area contributed by atoms with Gasteiger partial charge in [0.05, 0.1) is 6.54 Å². The molecule has 0 heterocycles. The van der Waals surface area contributed by atoms with Crippen LogP contribution >= 0.6 is 0 Å². The van der Waals surface area contributed by atoms with E-state index in [-0.39, 0.29) is 6.54 Å². The van der Waals surface area contributed by atoms with Crippen LogP contribution in [0.25, 0.3) is 0 Å². The minimum Gasteiger partial charge on any atom is -0.480 e. The maximum atomic E-state index is 10.9. The predicted octanol–water partition coefficient (Wildman–Crippen LogP) is 1.70. The third kappa shape index (κ3) is 3.48. The molecule has 0 aromatic rings. The Labute approximate surface area is 115 Å². The van der Waals surface area contributed by atoms with Crippen molar-refractivity contribution in [2.24, 2.45) is 11.8 Å². The van der Waals surface area contributed by atoms with Crippen molar-refractivity contribution in [2.75, 3.05) is 13.1 Å². The molecule has 0 radical (unpaired) electrons. The zero-order chi connectivity index (χ0) is 13.4. The van der Waals surface area contributed by atoms with Gasteiger partial charge >= 0.3 is 5.97 Å². The summed E-state index contributed by atoms with van der Waals surface area (Å²) in [7, 11) is 0. The molecule has 3 rings (SSSR count). The minimum absolute atomic E-state index is 0.231. The SMILES string of the molecule is CC1CC(NC2CC(N(CC(=O)O)CC3CC3)C2)C1. The molecule has 0 bridgehead atoms. The summed E-state index contributed by atoms with van der Waals surface area (Å²) >= 11 is 0. The Morgan fingerprint density at radius 2 is 1.84 bits per heavy atom. The van der Waals surface area contributed by atoms with E-state index in [2.05, 4.69) is 17.1 Å². The van der Waals surface area contributed by atoms with Crippen molar-refractivity contribution in [1.29, 1.82) is 0 Å². The molecule has 19 heavy (non-hydrogen) atoms. The van der Waals surface area contributed by atoms with Crippen molar-refractivity contribution in [3.8, 4) is 0 Å². The molecule has 0 saturated heterocycles. The van der Waals surface area contributed by atoms with E-state index in [1.807, 2.05) is 0 Å². The highest BCUT2D eigenvalue weighted by Crippen LogP contribution is 2.35. The molecule has 4 heteroatoms. The van der Waals surface area contributed by atoms with Crippen LogP contribution in [0.5, 0.6) is 0 Å². The highest BCUT2D eigenvalue weighted by atomic mass is 16.4. The second kappa shape index (κ2) is 5.41. The first-order valence-corrected chi connectivity index (χ1v) is 7.82. The number of hydrogen-bond acceptors (Lipinski definition) is 3. The van der Waals surface area contributed by atoms with E-state index in [0.29, 0.717) is 12.1 Å². The van der Waals surface area contributed by atoms with Crippen LogP contribution in [0.3, 0.4) is 0 Å². The van der Waals surface area contributed by atoms with Crippen LogP contribution in [0.2, 0.25) is 0 Å². The van der Waals surface area contributed by atoms with Gasteiger partial charge in [-0.3, -0.25) is 9.69 Å². The Morgan fingerprint density at radius 1 is 1.21 bits per heavy atom. The van der Waals surface area contributed by atoms with Crippen molar-refractivity contribution in [2.45, 2.75) is 63.6 Å². The molecule has 3 aliphatic rings. The van der Waals surface area contributed by atoms with Gasteiger partial charge in [0, 0.05) is 24.7 Å². The van der Waals surface area contributed by atoms with Crippen LogP contribution in [-0.4, -0.2) is 47.2 Å². The lowest BCUT2D eigenvalue weighted by molar-refractivity contribution is -0.139. The molecule has 0 atom stereocenters.